The van der Waals surface area contributed by atoms with Crippen molar-refractivity contribution in [2.24, 2.45) is 0 Å². The third-order valence-electron chi connectivity index (χ3n) is 3.41. The van der Waals surface area contributed by atoms with Crippen LogP contribution in [-0.2, 0) is 9.59 Å². The number of carbonyl (C=O) groups is 3. The maximum atomic E-state index is 12.3. The topological polar surface area (TPSA) is 81.8 Å². The average molecular weight is 355 g/mol. The van der Waals surface area contributed by atoms with Crippen molar-refractivity contribution in [3.8, 4) is 0 Å². The number of hydrogen-bond donors (Lipinski definition) is 2. The van der Waals surface area contributed by atoms with Gasteiger partial charge in [0.25, 0.3) is 11.8 Å². The van der Waals surface area contributed by atoms with Gasteiger partial charge in [0.2, 0.25) is 5.91 Å². The molecule has 7 nitrogen and oxygen atoms in total. The first-order valence-electron chi connectivity index (χ1n) is 6.73. The second kappa shape index (κ2) is 6.93. The van der Waals surface area contributed by atoms with E-state index in [1.165, 1.54) is 24.0 Å². The summed E-state index contributed by atoms with van der Waals surface area (Å²) >= 11 is 10.9. The Morgan fingerprint density at radius 1 is 1.30 bits per heavy atom. The Balaban J connectivity index is 2.18. The molecular formula is C14H15ClN4O3S. The molecule has 3 amide bonds. The first-order valence-corrected chi connectivity index (χ1v) is 7.51. The highest BCUT2D eigenvalue weighted by Crippen LogP contribution is 2.18. The number of amides is 3. The van der Waals surface area contributed by atoms with Gasteiger partial charge in [0, 0.05) is 24.7 Å². The van der Waals surface area contributed by atoms with Gasteiger partial charge in [0.15, 0.2) is 5.11 Å². The van der Waals surface area contributed by atoms with E-state index in [0.29, 0.717) is 10.6 Å². The lowest BCUT2D eigenvalue weighted by Gasteiger charge is -2.23. The monoisotopic (exact) mass is 354 g/mol. The quantitative estimate of drug-likeness (QED) is 0.772. The zero-order valence-electron chi connectivity index (χ0n) is 12.5. The molecule has 0 aromatic heterocycles. The van der Waals surface area contributed by atoms with Crippen molar-refractivity contribution in [3.63, 3.8) is 0 Å². The van der Waals surface area contributed by atoms with Crippen molar-refractivity contribution >= 4 is 46.7 Å². The molecule has 2 rings (SSSR count). The molecule has 0 radical (unpaired) electrons. The standard InChI is InChI=1S/C14H15ClN4O3S/c1-16-11(20)7-10-13(22)18(2)14(23)19(10)17-12(21)8-3-5-9(15)6-4-8/h3-6,10H,7H2,1-2H3,(H,16,20)(H,17,21)/t10-/m1/s1. The van der Waals surface area contributed by atoms with Crippen LogP contribution in [0, 0.1) is 0 Å². The zero-order valence-corrected chi connectivity index (χ0v) is 14.1. The first-order chi connectivity index (χ1) is 10.8. The minimum absolute atomic E-state index is 0.110. The van der Waals surface area contributed by atoms with E-state index < -0.39 is 11.9 Å². The van der Waals surface area contributed by atoms with Crippen LogP contribution in [0.4, 0.5) is 0 Å². The molecule has 0 saturated carbocycles. The summed E-state index contributed by atoms with van der Waals surface area (Å²) in [6, 6.07) is 5.39. The number of nitrogens with zero attached hydrogens (tertiary/aromatic N) is 2. The van der Waals surface area contributed by atoms with E-state index in [1.807, 2.05) is 0 Å². The molecule has 1 saturated heterocycles. The lowest BCUT2D eigenvalue weighted by molar-refractivity contribution is -0.131. The van der Waals surface area contributed by atoms with Crippen LogP contribution in [0.1, 0.15) is 16.8 Å². The number of thiocarbonyl (C=S) groups is 1. The molecule has 0 bridgehead atoms. The van der Waals surface area contributed by atoms with Crippen LogP contribution in [0.3, 0.4) is 0 Å². The van der Waals surface area contributed by atoms with E-state index in [4.69, 9.17) is 23.8 Å². The molecule has 23 heavy (non-hydrogen) atoms. The Morgan fingerprint density at radius 2 is 1.91 bits per heavy atom. The van der Waals surface area contributed by atoms with Gasteiger partial charge in [0.1, 0.15) is 6.04 Å². The van der Waals surface area contributed by atoms with E-state index in [-0.39, 0.29) is 23.3 Å². The first kappa shape index (κ1) is 17.2. The molecular weight excluding hydrogens is 340 g/mol. The van der Waals surface area contributed by atoms with E-state index in [0.717, 1.165) is 0 Å². The van der Waals surface area contributed by atoms with Crippen molar-refractivity contribution in [2.75, 3.05) is 14.1 Å². The summed E-state index contributed by atoms with van der Waals surface area (Å²) in [6.07, 6.45) is -0.110. The molecule has 122 valence electrons. The second-order valence-electron chi connectivity index (χ2n) is 4.89. The maximum absolute atomic E-state index is 12.3. The smallest absolute Gasteiger partial charge is 0.269 e. The molecule has 0 spiro atoms. The van der Waals surface area contributed by atoms with Crippen LogP contribution in [0.5, 0.6) is 0 Å². The van der Waals surface area contributed by atoms with Crippen LogP contribution in [0.15, 0.2) is 24.3 Å². The Hall–Kier alpha value is -2.19. The molecule has 2 N–H and O–H groups in total. The van der Waals surface area contributed by atoms with Gasteiger partial charge in [-0.3, -0.25) is 24.7 Å². The number of hydrazine groups is 1. The number of halogens is 1. The second-order valence-corrected chi connectivity index (χ2v) is 5.69. The van der Waals surface area contributed by atoms with Crippen LogP contribution >= 0.6 is 23.8 Å². The van der Waals surface area contributed by atoms with Gasteiger partial charge in [0.05, 0.1) is 6.42 Å². The van der Waals surface area contributed by atoms with E-state index in [1.54, 1.807) is 24.3 Å². The van der Waals surface area contributed by atoms with Gasteiger partial charge in [-0.25, -0.2) is 5.01 Å². The predicted octanol–water partition coefficient (Wildman–Crippen LogP) is 0.548. The van der Waals surface area contributed by atoms with Crippen molar-refractivity contribution in [3.05, 3.63) is 34.9 Å². The molecule has 1 aliphatic rings. The van der Waals surface area contributed by atoms with Gasteiger partial charge >= 0.3 is 0 Å². The van der Waals surface area contributed by atoms with Gasteiger partial charge < -0.3 is 5.32 Å². The molecule has 1 aromatic carbocycles. The Morgan fingerprint density at radius 3 is 2.48 bits per heavy atom. The molecule has 1 atom stereocenters. The van der Waals surface area contributed by atoms with Crippen LogP contribution in [-0.4, -0.2) is 52.9 Å². The third kappa shape index (κ3) is 3.59. The summed E-state index contributed by atoms with van der Waals surface area (Å²) in [5.74, 6) is -1.13. The maximum Gasteiger partial charge on any atom is 0.269 e. The van der Waals surface area contributed by atoms with E-state index in [9.17, 15) is 14.4 Å². The predicted molar refractivity (Wildman–Crippen MR) is 88.6 cm³/mol. The minimum Gasteiger partial charge on any atom is -0.359 e. The highest BCUT2D eigenvalue weighted by molar-refractivity contribution is 7.80. The van der Waals surface area contributed by atoms with Gasteiger partial charge in [-0.1, -0.05) is 11.6 Å². The van der Waals surface area contributed by atoms with E-state index >= 15 is 0 Å². The third-order valence-corrected chi connectivity index (χ3v) is 4.13. The lowest BCUT2D eigenvalue weighted by atomic mass is 10.2. The molecule has 1 fully saturated rings. The molecule has 0 aliphatic carbocycles. The number of rotatable bonds is 4. The van der Waals surface area contributed by atoms with Crippen molar-refractivity contribution in [2.45, 2.75) is 12.5 Å². The fourth-order valence-electron chi connectivity index (χ4n) is 2.08. The summed E-state index contributed by atoms with van der Waals surface area (Å²) in [5, 5.41) is 4.32. The SMILES string of the molecule is CNC(=O)C[C@@H]1C(=O)N(C)C(=S)N1NC(=O)c1ccc(Cl)cc1. The van der Waals surface area contributed by atoms with Crippen molar-refractivity contribution in [1.29, 1.82) is 0 Å². The minimum atomic E-state index is -0.872. The molecule has 9 heteroatoms. The summed E-state index contributed by atoms with van der Waals surface area (Å²) in [4.78, 5) is 37.3. The highest BCUT2D eigenvalue weighted by Gasteiger charge is 2.42. The largest absolute Gasteiger partial charge is 0.359 e. The van der Waals surface area contributed by atoms with Crippen LogP contribution < -0.4 is 10.7 Å². The van der Waals surface area contributed by atoms with Gasteiger partial charge in [-0.2, -0.15) is 0 Å². The summed E-state index contributed by atoms with van der Waals surface area (Å²) < 4.78 is 0. The number of carbonyl (C=O) groups excluding carboxylic acids is 3. The molecule has 0 unspecified atom stereocenters. The zero-order chi connectivity index (χ0) is 17.1. The molecule has 1 aliphatic heterocycles. The Bertz CT molecular complexity index is 664. The fourth-order valence-corrected chi connectivity index (χ4v) is 2.47. The van der Waals surface area contributed by atoms with Crippen molar-refractivity contribution < 1.29 is 14.4 Å². The summed E-state index contributed by atoms with van der Waals surface area (Å²) in [6.45, 7) is 0. The van der Waals surface area contributed by atoms with E-state index in [2.05, 4.69) is 10.7 Å². The molecule has 1 heterocycles. The van der Waals surface area contributed by atoms with Crippen LogP contribution in [0.2, 0.25) is 5.02 Å². The van der Waals surface area contributed by atoms with Gasteiger partial charge in [-0.05, 0) is 36.5 Å². The van der Waals surface area contributed by atoms with Crippen molar-refractivity contribution in [1.82, 2.24) is 20.7 Å². The fraction of sp³-hybridized carbons (Fsp3) is 0.286. The number of benzene rings is 1. The summed E-state index contributed by atoms with van der Waals surface area (Å²) in [7, 11) is 2.97. The normalized spacial score (nSPS) is 17.4. The lowest BCUT2D eigenvalue weighted by Crippen LogP contribution is -2.49. The Labute approximate surface area is 143 Å². The molecule has 1 aromatic rings. The summed E-state index contributed by atoms with van der Waals surface area (Å²) in [5.41, 5.74) is 2.93. The number of hydrogen-bond acceptors (Lipinski definition) is 4. The highest BCUT2D eigenvalue weighted by atomic mass is 35.5. The Kier molecular flexibility index (Phi) is 5.17. The average Bonchev–Trinajstić information content (AvgIpc) is 2.73. The van der Waals surface area contributed by atoms with Gasteiger partial charge in [-0.15, -0.1) is 0 Å². The number of likely N-dealkylation sites (N-methyl/N-ethyl adjacent to an activating group) is 1. The number of nitrogens with one attached hydrogen (secondary N) is 2. The van der Waals surface area contributed by atoms with Crippen LogP contribution in [0.25, 0.3) is 0 Å².